The lowest BCUT2D eigenvalue weighted by atomic mass is 9.91. The summed E-state index contributed by atoms with van der Waals surface area (Å²) >= 11 is 6.37. The van der Waals surface area contributed by atoms with Crippen LogP contribution in [0.3, 0.4) is 0 Å². The lowest BCUT2D eigenvalue weighted by Gasteiger charge is -2.37. The molecule has 0 bridgehead atoms. The molecule has 2 aromatic rings. The SMILES string of the molecule is CCOc1ccccc1[C@H]1O[C@@H](c2ccccc2Cl)OC[C@H]1C/C=C\CCC(=O)O. The van der Waals surface area contributed by atoms with E-state index >= 15 is 0 Å². The van der Waals surface area contributed by atoms with Gasteiger partial charge in [-0.15, -0.1) is 0 Å². The summed E-state index contributed by atoms with van der Waals surface area (Å²) in [5.74, 6) is 0.0613. The van der Waals surface area contributed by atoms with E-state index in [-0.39, 0.29) is 18.4 Å². The van der Waals surface area contributed by atoms with Crippen LogP contribution < -0.4 is 4.74 Å². The van der Waals surface area contributed by atoms with Crippen molar-refractivity contribution in [1.29, 1.82) is 0 Å². The van der Waals surface area contributed by atoms with Gasteiger partial charge in [0.25, 0.3) is 0 Å². The lowest BCUT2D eigenvalue weighted by Crippen LogP contribution is -2.31. The molecular formula is C24H27ClO5. The van der Waals surface area contributed by atoms with Crippen LogP contribution in [0.15, 0.2) is 60.7 Å². The fraction of sp³-hybridized carbons (Fsp3) is 0.375. The topological polar surface area (TPSA) is 65.0 Å². The van der Waals surface area contributed by atoms with Gasteiger partial charge in [0, 0.05) is 28.5 Å². The minimum Gasteiger partial charge on any atom is -0.493 e. The van der Waals surface area contributed by atoms with Crippen molar-refractivity contribution in [1.82, 2.24) is 0 Å². The summed E-state index contributed by atoms with van der Waals surface area (Å²) in [5, 5.41) is 9.40. The van der Waals surface area contributed by atoms with E-state index < -0.39 is 12.3 Å². The molecule has 0 aromatic heterocycles. The van der Waals surface area contributed by atoms with E-state index in [4.69, 9.17) is 30.9 Å². The molecule has 0 amide bonds. The maximum Gasteiger partial charge on any atom is 0.303 e. The molecule has 0 unspecified atom stereocenters. The molecule has 1 fully saturated rings. The maximum absolute atomic E-state index is 10.7. The second-order valence-electron chi connectivity index (χ2n) is 7.11. The smallest absolute Gasteiger partial charge is 0.303 e. The van der Waals surface area contributed by atoms with E-state index in [1.54, 1.807) is 0 Å². The molecule has 6 heteroatoms. The number of halogens is 1. The van der Waals surface area contributed by atoms with Crippen molar-refractivity contribution in [3.8, 4) is 5.75 Å². The van der Waals surface area contributed by atoms with Gasteiger partial charge >= 0.3 is 5.97 Å². The second kappa shape index (κ2) is 11.2. The summed E-state index contributed by atoms with van der Waals surface area (Å²) < 4.78 is 18.3. The summed E-state index contributed by atoms with van der Waals surface area (Å²) in [7, 11) is 0. The zero-order valence-electron chi connectivity index (χ0n) is 17.0. The first-order valence-electron chi connectivity index (χ1n) is 10.2. The van der Waals surface area contributed by atoms with E-state index in [0.717, 1.165) is 16.9 Å². The third kappa shape index (κ3) is 5.85. The molecule has 1 heterocycles. The number of para-hydroxylation sites is 1. The van der Waals surface area contributed by atoms with Gasteiger partial charge in [0.05, 0.1) is 19.3 Å². The van der Waals surface area contributed by atoms with E-state index in [2.05, 4.69) is 0 Å². The van der Waals surface area contributed by atoms with Crippen molar-refractivity contribution in [2.45, 2.75) is 38.6 Å². The molecule has 2 aromatic carbocycles. The first kappa shape index (κ1) is 22.3. The third-order valence-electron chi connectivity index (χ3n) is 4.97. The Morgan fingerprint density at radius 1 is 1.17 bits per heavy atom. The highest BCUT2D eigenvalue weighted by atomic mass is 35.5. The molecule has 3 rings (SSSR count). The summed E-state index contributed by atoms with van der Waals surface area (Å²) in [6, 6.07) is 15.4. The average Bonchev–Trinajstić information content (AvgIpc) is 2.74. The van der Waals surface area contributed by atoms with E-state index in [1.807, 2.05) is 67.6 Å². The molecule has 1 aliphatic heterocycles. The first-order chi connectivity index (χ1) is 14.6. The second-order valence-corrected chi connectivity index (χ2v) is 7.52. The van der Waals surface area contributed by atoms with Gasteiger partial charge in [-0.2, -0.15) is 0 Å². The predicted molar refractivity (Wildman–Crippen MR) is 116 cm³/mol. The number of rotatable bonds is 9. The highest BCUT2D eigenvalue weighted by molar-refractivity contribution is 6.31. The molecule has 3 atom stereocenters. The largest absolute Gasteiger partial charge is 0.493 e. The first-order valence-corrected chi connectivity index (χ1v) is 10.6. The zero-order valence-corrected chi connectivity index (χ0v) is 17.8. The predicted octanol–water partition coefficient (Wildman–Crippen LogP) is 5.95. The van der Waals surface area contributed by atoms with Crippen molar-refractivity contribution in [2.24, 2.45) is 5.92 Å². The minimum atomic E-state index is -0.796. The van der Waals surface area contributed by atoms with Crippen molar-refractivity contribution in [2.75, 3.05) is 13.2 Å². The average molecular weight is 431 g/mol. The van der Waals surface area contributed by atoms with Crippen LogP contribution in [0.4, 0.5) is 0 Å². The van der Waals surface area contributed by atoms with Crippen molar-refractivity contribution in [3.63, 3.8) is 0 Å². The monoisotopic (exact) mass is 430 g/mol. The van der Waals surface area contributed by atoms with Crippen LogP contribution in [0, 0.1) is 5.92 Å². The Morgan fingerprint density at radius 2 is 1.90 bits per heavy atom. The van der Waals surface area contributed by atoms with Crippen LogP contribution in [0.2, 0.25) is 5.02 Å². The molecule has 5 nitrogen and oxygen atoms in total. The number of benzene rings is 2. The standard InChI is InChI=1S/C24H27ClO5/c1-2-28-21-14-9-7-12-19(21)23-17(10-4-3-5-15-22(26)27)16-29-24(30-23)18-11-6-8-13-20(18)25/h3-4,6-9,11-14,17,23-24H,2,5,10,15-16H2,1H3,(H,26,27)/b4-3-/t17-,23+,24+/m1/s1. The van der Waals surface area contributed by atoms with Gasteiger partial charge in [-0.25, -0.2) is 0 Å². The van der Waals surface area contributed by atoms with Crippen LogP contribution in [-0.4, -0.2) is 24.3 Å². The highest BCUT2D eigenvalue weighted by Gasteiger charge is 2.35. The summed E-state index contributed by atoms with van der Waals surface area (Å²) in [6.07, 6.45) is 4.44. The van der Waals surface area contributed by atoms with Crippen LogP contribution in [0.25, 0.3) is 0 Å². The summed E-state index contributed by atoms with van der Waals surface area (Å²) in [4.78, 5) is 10.7. The summed E-state index contributed by atoms with van der Waals surface area (Å²) in [6.45, 7) is 3.01. The number of allylic oxidation sites excluding steroid dienone is 2. The van der Waals surface area contributed by atoms with Crippen molar-refractivity contribution < 1.29 is 24.1 Å². The highest BCUT2D eigenvalue weighted by Crippen LogP contribution is 2.43. The maximum atomic E-state index is 10.7. The zero-order chi connectivity index (χ0) is 21.3. The number of aliphatic carboxylic acids is 1. The molecule has 0 spiro atoms. The van der Waals surface area contributed by atoms with Crippen LogP contribution in [0.5, 0.6) is 5.75 Å². The van der Waals surface area contributed by atoms with Gasteiger partial charge < -0.3 is 19.3 Å². The van der Waals surface area contributed by atoms with Gasteiger partial charge in [0.2, 0.25) is 0 Å². The van der Waals surface area contributed by atoms with Crippen molar-refractivity contribution >= 4 is 17.6 Å². The van der Waals surface area contributed by atoms with E-state index in [1.165, 1.54) is 0 Å². The third-order valence-corrected chi connectivity index (χ3v) is 5.32. The molecule has 30 heavy (non-hydrogen) atoms. The Bertz CT molecular complexity index is 866. The molecule has 160 valence electrons. The minimum absolute atomic E-state index is 0.0615. The molecule has 0 aliphatic carbocycles. The van der Waals surface area contributed by atoms with Crippen molar-refractivity contribution in [3.05, 3.63) is 76.8 Å². The van der Waals surface area contributed by atoms with Crippen LogP contribution >= 0.6 is 11.6 Å². The van der Waals surface area contributed by atoms with E-state index in [9.17, 15) is 4.79 Å². The van der Waals surface area contributed by atoms with E-state index in [0.29, 0.717) is 31.1 Å². The van der Waals surface area contributed by atoms with Gasteiger partial charge in [-0.1, -0.05) is 60.2 Å². The van der Waals surface area contributed by atoms with Crippen LogP contribution in [0.1, 0.15) is 49.7 Å². The van der Waals surface area contributed by atoms with Gasteiger partial charge in [-0.05, 0) is 31.9 Å². The Morgan fingerprint density at radius 3 is 2.63 bits per heavy atom. The number of hydrogen-bond acceptors (Lipinski definition) is 4. The number of carbonyl (C=O) groups is 1. The number of carboxylic acid groups (broad SMARTS) is 1. The molecule has 1 aliphatic rings. The Hall–Kier alpha value is -2.34. The number of ether oxygens (including phenoxy) is 3. The van der Waals surface area contributed by atoms with Gasteiger partial charge in [-0.3, -0.25) is 4.79 Å². The number of hydrogen-bond donors (Lipinski definition) is 1. The Labute approximate surface area is 182 Å². The normalized spacial score (nSPS) is 21.6. The molecule has 1 N–H and O–H groups in total. The number of carboxylic acids is 1. The van der Waals surface area contributed by atoms with Gasteiger partial charge in [0.15, 0.2) is 6.29 Å². The van der Waals surface area contributed by atoms with Gasteiger partial charge in [0.1, 0.15) is 5.75 Å². The molecular weight excluding hydrogens is 404 g/mol. The molecule has 1 saturated heterocycles. The fourth-order valence-electron chi connectivity index (χ4n) is 3.53. The lowest BCUT2D eigenvalue weighted by molar-refractivity contribution is -0.244. The Balaban J connectivity index is 1.82. The quantitative estimate of drug-likeness (QED) is 0.498. The summed E-state index contributed by atoms with van der Waals surface area (Å²) in [5.41, 5.74) is 1.78. The Kier molecular flexibility index (Phi) is 8.31. The molecule has 0 saturated carbocycles. The molecule has 0 radical (unpaired) electrons. The van der Waals surface area contributed by atoms with Crippen LogP contribution in [-0.2, 0) is 14.3 Å². The fourth-order valence-corrected chi connectivity index (χ4v) is 3.75.